The van der Waals surface area contributed by atoms with E-state index in [1.807, 2.05) is 24.3 Å². The molecular weight excluding hydrogens is 151 g/mol. The van der Waals surface area contributed by atoms with Crippen molar-refractivity contribution in [1.29, 1.82) is 0 Å². The fourth-order valence-electron chi connectivity index (χ4n) is 1.01. The van der Waals surface area contributed by atoms with Crippen LogP contribution >= 0.6 is 0 Å². The fourth-order valence-corrected chi connectivity index (χ4v) is 1.01. The van der Waals surface area contributed by atoms with Crippen molar-refractivity contribution in [3.63, 3.8) is 0 Å². The van der Waals surface area contributed by atoms with E-state index in [9.17, 15) is 0 Å². The Morgan fingerprint density at radius 2 is 1.92 bits per heavy atom. The first kappa shape index (κ1) is 7.68. The van der Waals surface area contributed by atoms with Crippen LogP contribution in [0.25, 0.3) is 0 Å². The summed E-state index contributed by atoms with van der Waals surface area (Å²) in [4.78, 5) is 0. The second kappa shape index (κ2) is 3.19. The fraction of sp³-hybridized carbons (Fsp3) is 0.333. The SMILES string of the molecule is O[B]c1ccc(OC2CC2)cc1. The van der Waals surface area contributed by atoms with Crippen molar-refractivity contribution < 1.29 is 9.76 Å². The zero-order valence-corrected chi connectivity index (χ0v) is 6.73. The summed E-state index contributed by atoms with van der Waals surface area (Å²) in [7, 11) is 1.08. The zero-order valence-electron chi connectivity index (χ0n) is 6.73. The van der Waals surface area contributed by atoms with Crippen LogP contribution in [0.3, 0.4) is 0 Å². The summed E-state index contributed by atoms with van der Waals surface area (Å²) in [6, 6.07) is 7.41. The molecule has 1 radical (unpaired) electrons. The second-order valence-electron chi connectivity index (χ2n) is 3.02. The largest absolute Gasteiger partial charge is 0.490 e. The van der Waals surface area contributed by atoms with Gasteiger partial charge in [0.1, 0.15) is 5.75 Å². The molecule has 0 unspecified atom stereocenters. The maximum Gasteiger partial charge on any atom is 0.326 e. The van der Waals surface area contributed by atoms with E-state index in [1.54, 1.807) is 0 Å². The molecule has 2 nitrogen and oxygen atoms in total. The molecule has 3 heteroatoms. The van der Waals surface area contributed by atoms with E-state index in [0.717, 1.165) is 18.7 Å². The number of ether oxygens (including phenoxy) is 1. The number of hydrogen-bond acceptors (Lipinski definition) is 2. The summed E-state index contributed by atoms with van der Waals surface area (Å²) in [5, 5.41) is 8.66. The first-order valence-electron chi connectivity index (χ1n) is 4.12. The monoisotopic (exact) mass is 161 g/mol. The smallest absolute Gasteiger partial charge is 0.326 e. The van der Waals surface area contributed by atoms with Crippen LogP contribution in [0.15, 0.2) is 24.3 Å². The van der Waals surface area contributed by atoms with Crippen LogP contribution < -0.4 is 10.2 Å². The Kier molecular flexibility index (Phi) is 2.04. The van der Waals surface area contributed by atoms with Gasteiger partial charge in [-0.05, 0) is 25.0 Å². The van der Waals surface area contributed by atoms with E-state index in [2.05, 4.69) is 0 Å². The molecular formula is C9H10BO2. The molecule has 61 valence electrons. The van der Waals surface area contributed by atoms with Gasteiger partial charge < -0.3 is 9.76 Å². The third kappa shape index (κ3) is 1.80. The molecule has 0 amide bonds. The standard InChI is InChI=1S/C9H10BO2/c11-10-7-1-3-8(4-2-7)12-9-5-6-9/h1-4,9,11H,5-6H2. The summed E-state index contributed by atoms with van der Waals surface area (Å²) < 4.78 is 5.53. The summed E-state index contributed by atoms with van der Waals surface area (Å²) in [6.45, 7) is 0. The van der Waals surface area contributed by atoms with Crippen molar-refractivity contribution in [2.75, 3.05) is 0 Å². The molecule has 1 saturated carbocycles. The van der Waals surface area contributed by atoms with Crippen LogP contribution in [0.4, 0.5) is 0 Å². The molecule has 2 rings (SSSR count). The molecule has 0 aromatic heterocycles. The molecule has 1 aliphatic rings. The van der Waals surface area contributed by atoms with Crippen LogP contribution in [0.2, 0.25) is 0 Å². The minimum Gasteiger partial charge on any atom is -0.490 e. The number of rotatable bonds is 3. The highest BCUT2D eigenvalue weighted by Gasteiger charge is 2.23. The van der Waals surface area contributed by atoms with Crippen molar-refractivity contribution in [3.8, 4) is 5.75 Å². The maximum atomic E-state index is 8.66. The molecule has 0 saturated heterocycles. The summed E-state index contributed by atoms with van der Waals surface area (Å²) in [5.41, 5.74) is 0.804. The maximum absolute atomic E-state index is 8.66. The number of hydrogen-bond donors (Lipinski definition) is 1. The molecule has 1 aliphatic carbocycles. The normalized spacial score (nSPS) is 15.8. The Bertz CT molecular complexity index is 254. The highest BCUT2D eigenvalue weighted by atomic mass is 16.5. The molecule has 0 aliphatic heterocycles. The van der Waals surface area contributed by atoms with Gasteiger partial charge in [0.15, 0.2) is 0 Å². The van der Waals surface area contributed by atoms with Crippen LogP contribution in [-0.4, -0.2) is 18.6 Å². The Hall–Kier alpha value is -0.955. The molecule has 0 heterocycles. The van der Waals surface area contributed by atoms with Gasteiger partial charge in [-0.2, -0.15) is 0 Å². The van der Waals surface area contributed by atoms with E-state index in [0.29, 0.717) is 6.10 Å². The van der Waals surface area contributed by atoms with Gasteiger partial charge >= 0.3 is 7.48 Å². The molecule has 12 heavy (non-hydrogen) atoms. The Morgan fingerprint density at radius 1 is 1.25 bits per heavy atom. The molecule has 0 bridgehead atoms. The first-order chi connectivity index (χ1) is 5.88. The van der Waals surface area contributed by atoms with Crippen LogP contribution in [-0.2, 0) is 0 Å². The van der Waals surface area contributed by atoms with Gasteiger partial charge in [0, 0.05) is 0 Å². The lowest BCUT2D eigenvalue weighted by Crippen LogP contribution is -2.12. The van der Waals surface area contributed by atoms with E-state index in [1.165, 1.54) is 12.8 Å². The minimum atomic E-state index is 0.439. The zero-order chi connectivity index (χ0) is 8.39. The third-order valence-corrected chi connectivity index (χ3v) is 1.86. The van der Waals surface area contributed by atoms with E-state index < -0.39 is 0 Å². The Balaban J connectivity index is 2.02. The van der Waals surface area contributed by atoms with Gasteiger partial charge in [-0.25, -0.2) is 0 Å². The van der Waals surface area contributed by atoms with Crippen LogP contribution in [0, 0.1) is 0 Å². The number of benzene rings is 1. The summed E-state index contributed by atoms with van der Waals surface area (Å²) in [5.74, 6) is 0.892. The lowest BCUT2D eigenvalue weighted by molar-refractivity contribution is 0.303. The summed E-state index contributed by atoms with van der Waals surface area (Å²) in [6.07, 6.45) is 2.79. The van der Waals surface area contributed by atoms with E-state index in [4.69, 9.17) is 9.76 Å². The average molecular weight is 161 g/mol. The minimum absolute atomic E-state index is 0.439. The topological polar surface area (TPSA) is 29.5 Å². The highest BCUT2D eigenvalue weighted by molar-refractivity contribution is 6.45. The lowest BCUT2D eigenvalue weighted by atomic mass is 9.89. The lowest BCUT2D eigenvalue weighted by Gasteiger charge is -2.03. The third-order valence-electron chi connectivity index (χ3n) is 1.86. The van der Waals surface area contributed by atoms with Crippen LogP contribution in [0.5, 0.6) is 5.75 Å². The van der Waals surface area contributed by atoms with Crippen molar-refractivity contribution in [2.24, 2.45) is 0 Å². The second-order valence-corrected chi connectivity index (χ2v) is 3.02. The van der Waals surface area contributed by atoms with Gasteiger partial charge in [-0.1, -0.05) is 17.6 Å². The molecule has 1 aromatic rings. The predicted molar refractivity (Wildman–Crippen MR) is 47.7 cm³/mol. The Labute approximate surface area is 72.5 Å². The van der Waals surface area contributed by atoms with Gasteiger partial charge in [-0.15, -0.1) is 0 Å². The van der Waals surface area contributed by atoms with Crippen LogP contribution in [0.1, 0.15) is 12.8 Å². The molecule has 1 fully saturated rings. The van der Waals surface area contributed by atoms with Crippen molar-refractivity contribution in [1.82, 2.24) is 0 Å². The quantitative estimate of drug-likeness (QED) is 0.652. The Morgan fingerprint density at radius 3 is 2.42 bits per heavy atom. The van der Waals surface area contributed by atoms with Gasteiger partial charge in [0.2, 0.25) is 0 Å². The van der Waals surface area contributed by atoms with Gasteiger partial charge in [-0.3, -0.25) is 0 Å². The highest BCUT2D eigenvalue weighted by Crippen LogP contribution is 2.25. The van der Waals surface area contributed by atoms with Crippen molar-refractivity contribution in [2.45, 2.75) is 18.9 Å². The van der Waals surface area contributed by atoms with Gasteiger partial charge in [0.25, 0.3) is 0 Å². The van der Waals surface area contributed by atoms with E-state index in [-0.39, 0.29) is 0 Å². The summed E-state index contributed by atoms with van der Waals surface area (Å²) >= 11 is 0. The average Bonchev–Trinajstić information content (AvgIpc) is 2.90. The van der Waals surface area contributed by atoms with Gasteiger partial charge in [0.05, 0.1) is 6.10 Å². The van der Waals surface area contributed by atoms with E-state index >= 15 is 0 Å². The molecule has 0 atom stereocenters. The first-order valence-corrected chi connectivity index (χ1v) is 4.12. The molecule has 1 N–H and O–H groups in total. The van der Waals surface area contributed by atoms with Crippen molar-refractivity contribution >= 4 is 12.9 Å². The molecule has 1 aromatic carbocycles. The predicted octanol–water partition coefficient (Wildman–Crippen LogP) is 0.465. The van der Waals surface area contributed by atoms with Crippen molar-refractivity contribution in [3.05, 3.63) is 24.3 Å². The molecule has 0 spiro atoms.